The third kappa shape index (κ3) is 2.64. The smallest absolute Gasteiger partial charge is 0.224 e. The molecule has 0 aliphatic rings. The van der Waals surface area contributed by atoms with Crippen molar-refractivity contribution < 1.29 is 0 Å². The van der Waals surface area contributed by atoms with Gasteiger partial charge in [0.05, 0.1) is 11.9 Å². The number of aromatic nitrogens is 5. The van der Waals surface area contributed by atoms with Gasteiger partial charge in [-0.15, -0.1) is 5.10 Å². The molecule has 1 aromatic carbocycles. The van der Waals surface area contributed by atoms with Crippen molar-refractivity contribution in [1.29, 1.82) is 0 Å². The van der Waals surface area contributed by atoms with Crippen molar-refractivity contribution in [3.8, 4) is 5.69 Å². The third-order valence-electron chi connectivity index (χ3n) is 3.45. The van der Waals surface area contributed by atoms with Gasteiger partial charge in [0, 0.05) is 6.54 Å². The molecule has 113 valence electrons. The van der Waals surface area contributed by atoms with Crippen LogP contribution in [0.15, 0.2) is 30.5 Å². The van der Waals surface area contributed by atoms with Gasteiger partial charge in [-0.25, -0.2) is 4.98 Å². The highest BCUT2D eigenvalue weighted by atomic mass is 15.4. The zero-order valence-corrected chi connectivity index (χ0v) is 13.0. The number of anilines is 1. The summed E-state index contributed by atoms with van der Waals surface area (Å²) >= 11 is 0. The lowest BCUT2D eigenvalue weighted by Crippen LogP contribution is -2.11. The van der Waals surface area contributed by atoms with E-state index in [1.165, 1.54) is 5.56 Å². The van der Waals surface area contributed by atoms with Crippen LogP contribution in [0.1, 0.15) is 26.3 Å². The Labute approximate surface area is 129 Å². The Balaban J connectivity index is 2.04. The second-order valence-corrected chi connectivity index (χ2v) is 6.13. The molecule has 0 fully saturated rings. The first-order valence-corrected chi connectivity index (χ1v) is 7.21. The molecule has 0 unspecified atom stereocenters. The molecule has 3 rings (SSSR count). The molecule has 2 aromatic heterocycles. The molecule has 1 radical (unpaired) electrons. The van der Waals surface area contributed by atoms with E-state index in [1.807, 2.05) is 12.1 Å². The van der Waals surface area contributed by atoms with E-state index in [1.54, 1.807) is 10.9 Å². The van der Waals surface area contributed by atoms with Crippen molar-refractivity contribution in [2.24, 2.45) is 0 Å². The molecule has 6 nitrogen and oxygen atoms in total. The molecule has 22 heavy (non-hydrogen) atoms. The topological polar surface area (TPSA) is 68.5 Å². The molecule has 0 spiro atoms. The Bertz CT molecular complexity index is 782. The quantitative estimate of drug-likeness (QED) is 0.804. The largest absolute Gasteiger partial charge is 0.354 e. The second-order valence-electron chi connectivity index (χ2n) is 6.13. The van der Waals surface area contributed by atoms with Gasteiger partial charge in [0.15, 0.2) is 11.2 Å². The van der Waals surface area contributed by atoms with Crippen LogP contribution in [0.3, 0.4) is 0 Å². The van der Waals surface area contributed by atoms with Gasteiger partial charge in [-0.05, 0) is 30.0 Å². The number of rotatable bonds is 3. The Morgan fingerprint density at radius 3 is 2.55 bits per heavy atom. The van der Waals surface area contributed by atoms with Gasteiger partial charge >= 0.3 is 0 Å². The first-order chi connectivity index (χ1) is 10.5. The molecule has 2 heterocycles. The molecule has 0 bridgehead atoms. The van der Waals surface area contributed by atoms with Crippen LogP contribution in [0.25, 0.3) is 16.9 Å². The minimum Gasteiger partial charge on any atom is -0.354 e. The Morgan fingerprint density at radius 1 is 1.18 bits per heavy atom. The van der Waals surface area contributed by atoms with Gasteiger partial charge in [-0.2, -0.15) is 9.67 Å². The average Bonchev–Trinajstić information content (AvgIpc) is 2.90. The predicted octanol–water partition coefficient (Wildman–Crippen LogP) is 2.75. The molecule has 0 amide bonds. The Hall–Kier alpha value is -2.50. The number of benzene rings is 1. The molecule has 0 saturated heterocycles. The number of nitrogens with one attached hydrogen (secondary N) is 1. The van der Waals surface area contributed by atoms with Gasteiger partial charge in [-0.1, -0.05) is 38.1 Å². The molecular weight excluding hydrogens is 276 g/mol. The number of hydrogen-bond acceptors (Lipinski definition) is 5. The number of hydrogen-bond donors (Lipinski definition) is 1. The summed E-state index contributed by atoms with van der Waals surface area (Å²) in [5.74, 6) is 0.525. The van der Waals surface area contributed by atoms with E-state index in [-0.39, 0.29) is 5.41 Å². The van der Waals surface area contributed by atoms with E-state index >= 15 is 0 Å². The van der Waals surface area contributed by atoms with Gasteiger partial charge in [0.25, 0.3) is 0 Å². The van der Waals surface area contributed by atoms with Gasteiger partial charge in [0.1, 0.15) is 0 Å². The molecule has 0 atom stereocenters. The van der Waals surface area contributed by atoms with Gasteiger partial charge < -0.3 is 5.32 Å². The highest BCUT2D eigenvalue weighted by molar-refractivity contribution is 5.71. The monoisotopic (exact) mass is 295 g/mol. The summed E-state index contributed by atoms with van der Waals surface area (Å²) in [5.41, 5.74) is 3.66. The van der Waals surface area contributed by atoms with Crippen molar-refractivity contribution in [2.75, 3.05) is 11.9 Å². The summed E-state index contributed by atoms with van der Waals surface area (Å²) in [4.78, 5) is 8.62. The van der Waals surface area contributed by atoms with Crippen LogP contribution in [-0.2, 0) is 5.41 Å². The lowest BCUT2D eigenvalue weighted by molar-refractivity contribution is 0.590. The average molecular weight is 295 g/mol. The fourth-order valence-electron chi connectivity index (χ4n) is 2.20. The molecule has 0 saturated carbocycles. The van der Waals surface area contributed by atoms with E-state index in [9.17, 15) is 0 Å². The highest BCUT2D eigenvalue weighted by Crippen LogP contribution is 2.23. The van der Waals surface area contributed by atoms with E-state index < -0.39 is 0 Å². The zero-order chi connectivity index (χ0) is 15.7. The second kappa shape index (κ2) is 5.36. The van der Waals surface area contributed by atoms with Crippen LogP contribution in [0.2, 0.25) is 0 Å². The minimum absolute atomic E-state index is 0.121. The van der Waals surface area contributed by atoms with Gasteiger partial charge in [0.2, 0.25) is 5.95 Å². The SMILES string of the molecule is [CH2]CNc1ncc2nnn(-c3ccc(C(C)(C)C)cc3)c2n1. The van der Waals surface area contributed by atoms with Crippen LogP contribution in [0.5, 0.6) is 0 Å². The lowest BCUT2D eigenvalue weighted by atomic mass is 9.87. The van der Waals surface area contributed by atoms with E-state index in [2.05, 4.69) is 65.4 Å². The van der Waals surface area contributed by atoms with Crippen LogP contribution in [0.4, 0.5) is 5.95 Å². The Kier molecular flexibility index (Phi) is 3.52. The number of fused-ring (bicyclic) bond motifs is 1. The first kappa shape index (κ1) is 14.4. The standard InChI is InChI=1S/C16H19N6/c1-5-17-15-18-10-13-14(19-15)22(21-20-13)12-8-6-11(7-9-12)16(2,3)4/h6-10H,1,5H2,2-4H3,(H,17,18,19). The highest BCUT2D eigenvalue weighted by Gasteiger charge is 2.14. The summed E-state index contributed by atoms with van der Waals surface area (Å²) in [6.07, 6.45) is 1.66. The summed E-state index contributed by atoms with van der Waals surface area (Å²) in [5, 5.41) is 11.3. The van der Waals surface area contributed by atoms with Crippen LogP contribution >= 0.6 is 0 Å². The maximum absolute atomic E-state index is 4.45. The lowest BCUT2D eigenvalue weighted by Gasteiger charge is -2.19. The first-order valence-electron chi connectivity index (χ1n) is 7.21. The van der Waals surface area contributed by atoms with Crippen molar-refractivity contribution >= 4 is 17.1 Å². The van der Waals surface area contributed by atoms with Crippen molar-refractivity contribution in [3.05, 3.63) is 42.9 Å². The molecule has 0 aliphatic carbocycles. The summed E-state index contributed by atoms with van der Waals surface area (Å²) < 4.78 is 1.72. The molecule has 3 aromatic rings. The summed E-state index contributed by atoms with van der Waals surface area (Å²) in [6, 6.07) is 8.29. The van der Waals surface area contributed by atoms with Crippen LogP contribution in [-0.4, -0.2) is 31.5 Å². The van der Waals surface area contributed by atoms with E-state index in [0.717, 1.165) is 5.69 Å². The third-order valence-corrected chi connectivity index (χ3v) is 3.45. The van der Waals surface area contributed by atoms with Crippen molar-refractivity contribution in [2.45, 2.75) is 26.2 Å². The Morgan fingerprint density at radius 2 is 1.91 bits per heavy atom. The van der Waals surface area contributed by atoms with Gasteiger partial charge in [-0.3, -0.25) is 0 Å². The zero-order valence-electron chi connectivity index (χ0n) is 13.0. The molecule has 6 heteroatoms. The predicted molar refractivity (Wildman–Crippen MR) is 87.0 cm³/mol. The number of nitrogens with zero attached hydrogens (tertiary/aromatic N) is 5. The maximum atomic E-state index is 4.45. The van der Waals surface area contributed by atoms with Crippen LogP contribution < -0.4 is 5.32 Å². The summed E-state index contributed by atoms with van der Waals surface area (Å²) in [7, 11) is 0. The van der Waals surface area contributed by atoms with Crippen molar-refractivity contribution in [3.63, 3.8) is 0 Å². The van der Waals surface area contributed by atoms with Crippen LogP contribution in [0, 0.1) is 6.92 Å². The fourth-order valence-corrected chi connectivity index (χ4v) is 2.20. The normalized spacial score (nSPS) is 11.8. The van der Waals surface area contributed by atoms with E-state index in [0.29, 0.717) is 23.7 Å². The van der Waals surface area contributed by atoms with E-state index in [4.69, 9.17) is 0 Å². The molecular formula is C16H19N6. The maximum Gasteiger partial charge on any atom is 0.224 e. The molecule has 0 aliphatic heterocycles. The molecule has 1 N–H and O–H groups in total. The van der Waals surface area contributed by atoms with Crippen molar-refractivity contribution in [1.82, 2.24) is 25.0 Å². The summed E-state index contributed by atoms with van der Waals surface area (Å²) in [6.45, 7) is 10.8. The minimum atomic E-state index is 0.121. The fraction of sp³-hybridized carbons (Fsp3) is 0.312.